The Balaban J connectivity index is 2.23. The maximum Gasteiger partial charge on any atom is 0.347 e. The van der Waals surface area contributed by atoms with Gasteiger partial charge in [-0.3, -0.25) is 0 Å². The first-order chi connectivity index (χ1) is 9.10. The van der Waals surface area contributed by atoms with Gasteiger partial charge >= 0.3 is 5.97 Å². The molecule has 0 aliphatic carbocycles. The van der Waals surface area contributed by atoms with Crippen molar-refractivity contribution < 1.29 is 9.90 Å². The molecule has 0 radical (unpaired) electrons. The number of carbonyl (C=O) groups is 1. The summed E-state index contributed by atoms with van der Waals surface area (Å²) in [5.74, 6) is -0.865. The number of carboxylic acid groups (broad SMARTS) is 1. The second kappa shape index (κ2) is 5.97. The van der Waals surface area contributed by atoms with E-state index in [9.17, 15) is 9.90 Å². The molecule has 0 amide bonds. The van der Waals surface area contributed by atoms with Gasteiger partial charge in [-0.25, -0.2) is 9.78 Å². The van der Waals surface area contributed by atoms with Crippen LogP contribution in [-0.2, 0) is 12.8 Å². The fraction of sp³-hybridized carbons (Fsp3) is 0.333. The monoisotopic (exact) mass is 275 g/mol. The summed E-state index contributed by atoms with van der Waals surface area (Å²) in [6.45, 7) is 4.08. The molecular weight excluding hydrogens is 258 g/mol. The van der Waals surface area contributed by atoms with E-state index in [1.165, 1.54) is 22.5 Å². The largest absolute Gasteiger partial charge is 0.477 e. The number of hydrogen-bond acceptors (Lipinski definition) is 3. The third-order valence-corrected chi connectivity index (χ3v) is 3.98. The van der Waals surface area contributed by atoms with Crippen molar-refractivity contribution in [2.75, 3.05) is 0 Å². The molecule has 0 atom stereocenters. The predicted molar refractivity (Wildman–Crippen MR) is 77.1 cm³/mol. The van der Waals surface area contributed by atoms with Gasteiger partial charge in [-0.05, 0) is 18.9 Å². The van der Waals surface area contributed by atoms with Gasteiger partial charge in [0.05, 0.1) is 10.7 Å². The number of benzene rings is 1. The molecule has 0 saturated carbocycles. The van der Waals surface area contributed by atoms with Crippen LogP contribution in [0.4, 0.5) is 0 Å². The molecule has 0 spiro atoms. The molecule has 0 aliphatic heterocycles. The first-order valence-corrected chi connectivity index (χ1v) is 7.19. The minimum absolute atomic E-state index is 0.393. The first kappa shape index (κ1) is 13.7. The summed E-state index contributed by atoms with van der Waals surface area (Å²) >= 11 is 1.30. The van der Waals surface area contributed by atoms with Gasteiger partial charge in [0, 0.05) is 6.42 Å². The number of carboxylic acids is 1. The molecule has 0 aliphatic rings. The molecule has 100 valence electrons. The standard InChI is InChI=1S/C15H17NO2S/c1-3-4-12-14(15(17)18)19-13(16-12)9-11-7-5-10(2)6-8-11/h5-8H,3-4,9H2,1-2H3,(H,17,18). The molecule has 3 nitrogen and oxygen atoms in total. The van der Waals surface area contributed by atoms with Crippen LogP contribution in [-0.4, -0.2) is 16.1 Å². The summed E-state index contributed by atoms with van der Waals surface area (Å²) in [5, 5.41) is 10.1. The average molecular weight is 275 g/mol. The highest BCUT2D eigenvalue weighted by Crippen LogP contribution is 2.22. The molecule has 0 bridgehead atoms. The number of aromatic nitrogens is 1. The molecule has 1 aromatic carbocycles. The number of nitrogens with zero attached hydrogens (tertiary/aromatic N) is 1. The zero-order chi connectivity index (χ0) is 13.8. The van der Waals surface area contributed by atoms with Gasteiger partial charge in [0.2, 0.25) is 0 Å². The maximum atomic E-state index is 11.2. The molecule has 1 aromatic heterocycles. The SMILES string of the molecule is CCCc1nc(Cc2ccc(C)cc2)sc1C(=O)O. The summed E-state index contributed by atoms with van der Waals surface area (Å²) < 4.78 is 0. The Bertz CT molecular complexity index is 572. The van der Waals surface area contributed by atoms with Crippen LogP contribution in [0, 0.1) is 6.92 Å². The Morgan fingerprint density at radius 1 is 1.32 bits per heavy atom. The number of thiazole rings is 1. The van der Waals surface area contributed by atoms with Crippen LogP contribution in [0.25, 0.3) is 0 Å². The van der Waals surface area contributed by atoms with Crippen LogP contribution in [0.2, 0.25) is 0 Å². The van der Waals surface area contributed by atoms with Crippen molar-refractivity contribution in [3.8, 4) is 0 Å². The third-order valence-electron chi connectivity index (χ3n) is 2.90. The molecular formula is C15H17NO2S. The van der Waals surface area contributed by atoms with Crippen molar-refractivity contribution in [3.05, 3.63) is 51.0 Å². The lowest BCUT2D eigenvalue weighted by Gasteiger charge is -1.98. The van der Waals surface area contributed by atoms with Gasteiger partial charge in [0.25, 0.3) is 0 Å². The van der Waals surface area contributed by atoms with E-state index >= 15 is 0 Å². The van der Waals surface area contributed by atoms with Crippen molar-refractivity contribution in [3.63, 3.8) is 0 Å². The lowest BCUT2D eigenvalue weighted by atomic mass is 10.1. The van der Waals surface area contributed by atoms with Crippen molar-refractivity contribution >= 4 is 17.3 Å². The van der Waals surface area contributed by atoms with Crippen LogP contribution in [0.1, 0.15) is 44.8 Å². The quantitative estimate of drug-likeness (QED) is 0.905. The van der Waals surface area contributed by atoms with E-state index in [2.05, 4.69) is 36.2 Å². The summed E-state index contributed by atoms with van der Waals surface area (Å²) in [4.78, 5) is 16.0. The molecule has 2 rings (SSSR count). The second-order valence-corrected chi connectivity index (χ2v) is 5.68. The maximum absolute atomic E-state index is 11.2. The topological polar surface area (TPSA) is 50.2 Å². The fourth-order valence-electron chi connectivity index (χ4n) is 1.93. The molecule has 0 saturated heterocycles. The van der Waals surface area contributed by atoms with E-state index in [4.69, 9.17) is 0 Å². The van der Waals surface area contributed by atoms with Gasteiger partial charge in [0.15, 0.2) is 0 Å². The molecule has 0 fully saturated rings. The molecule has 1 heterocycles. The molecule has 19 heavy (non-hydrogen) atoms. The lowest BCUT2D eigenvalue weighted by molar-refractivity contribution is 0.0700. The van der Waals surface area contributed by atoms with Gasteiger partial charge in [0.1, 0.15) is 4.88 Å². The number of aryl methyl sites for hydroxylation is 2. The van der Waals surface area contributed by atoms with E-state index in [0.29, 0.717) is 11.3 Å². The highest BCUT2D eigenvalue weighted by atomic mass is 32.1. The van der Waals surface area contributed by atoms with Crippen molar-refractivity contribution in [1.82, 2.24) is 4.98 Å². The number of rotatable bonds is 5. The normalized spacial score (nSPS) is 10.6. The zero-order valence-electron chi connectivity index (χ0n) is 11.1. The van der Waals surface area contributed by atoms with Gasteiger partial charge < -0.3 is 5.11 Å². The minimum Gasteiger partial charge on any atom is -0.477 e. The Morgan fingerprint density at radius 2 is 2.00 bits per heavy atom. The molecule has 0 unspecified atom stereocenters. The van der Waals surface area contributed by atoms with Crippen LogP contribution in [0.15, 0.2) is 24.3 Å². The van der Waals surface area contributed by atoms with Crippen molar-refractivity contribution in [2.24, 2.45) is 0 Å². The van der Waals surface area contributed by atoms with Gasteiger partial charge in [-0.15, -0.1) is 11.3 Å². The van der Waals surface area contributed by atoms with E-state index < -0.39 is 5.97 Å². The Morgan fingerprint density at radius 3 is 2.58 bits per heavy atom. The first-order valence-electron chi connectivity index (χ1n) is 6.37. The minimum atomic E-state index is -0.865. The average Bonchev–Trinajstić information content (AvgIpc) is 2.76. The molecule has 2 aromatic rings. The summed E-state index contributed by atoms with van der Waals surface area (Å²) in [6.07, 6.45) is 2.34. The van der Waals surface area contributed by atoms with Crippen LogP contribution < -0.4 is 0 Å². The number of aromatic carboxylic acids is 1. The van der Waals surface area contributed by atoms with E-state index in [1.807, 2.05) is 6.92 Å². The van der Waals surface area contributed by atoms with E-state index in [-0.39, 0.29) is 0 Å². The Kier molecular flexibility index (Phi) is 4.32. The second-order valence-electron chi connectivity index (χ2n) is 4.60. The highest BCUT2D eigenvalue weighted by molar-refractivity contribution is 7.13. The Labute approximate surface area is 116 Å². The van der Waals surface area contributed by atoms with Crippen LogP contribution in [0.3, 0.4) is 0 Å². The zero-order valence-corrected chi connectivity index (χ0v) is 12.0. The summed E-state index contributed by atoms with van der Waals surface area (Å²) in [5.41, 5.74) is 3.11. The van der Waals surface area contributed by atoms with Gasteiger partial charge in [-0.2, -0.15) is 0 Å². The third kappa shape index (κ3) is 3.41. The van der Waals surface area contributed by atoms with E-state index in [0.717, 1.165) is 23.5 Å². The van der Waals surface area contributed by atoms with Crippen LogP contribution >= 0.6 is 11.3 Å². The van der Waals surface area contributed by atoms with Crippen molar-refractivity contribution in [2.45, 2.75) is 33.1 Å². The van der Waals surface area contributed by atoms with Crippen LogP contribution in [0.5, 0.6) is 0 Å². The van der Waals surface area contributed by atoms with Gasteiger partial charge in [-0.1, -0.05) is 43.2 Å². The highest BCUT2D eigenvalue weighted by Gasteiger charge is 2.16. The van der Waals surface area contributed by atoms with Crippen molar-refractivity contribution in [1.29, 1.82) is 0 Å². The lowest BCUT2D eigenvalue weighted by Crippen LogP contribution is -1.98. The smallest absolute Gasteiger partial charge is 0.347 e. The summed E-state index contributed by atoms with van der Waals surface area (Å²) in [7, 11) is 0. The molecule has 4 heteroatoms. The number of hydrogen-bond donors (Lipinski definition) is 1. The molecule has 1 N–H and O–H groups in total. The summed E-state index contributed by atoms with van der Waals surface area (Å²) in [6, 6.07) is 8.26. The Hall–Kier alpha value is -1.68. The van der Waals surface area contributed by atoms with E-state index in [1.54, 1.807) is 0 Å². The fourth-order valence-corrected chi connectivity index (χ4v) is 2.91. The predicted octanol–water partition coefficient (Wildman–Crippen LogP) is 3.69.